The molecule has 0 aromatic heterocycles. The van der Waals surface area contributed by atoms with E-state index in [4.69, 9.17) is 5.11 Å². The monoisotopic (exact) mass is 110 g/mol. The van der Waals surface area contributed by atoms with Gasteiger partial charge in [0.2, 0.25) is 0 Å². The molecule has 0 aliphatic heterocycles. The van der Waals surface area contributed by atoms with E-state index in [2.05, 4.69) is 6.08 Å². The molecule has 1 fully saturated rings. The third-order valence-corrected chi connectivity index (χ3v) is 2.38. The summed E-state index contributed by atoms with van der Waals surface area (Å²) in [7, 11) is 0. The van der Waals surface area contributed by atoms with Crippen LogP contribution >= 0.6 is 0 Å². The molecule has 3 atom stereocenters. The van der Waals surface area contributed by atoms with Crippen molar-refractivity contribution >= 4 is 0 Å². The lowest BCUT2D eigenvalue weighted by molar-refractivity contribution is 0.0839. The van der Waals surface area contributed by atoms with E-state index in [9.17, 15) is 0 Å². The fraction of sp³-hybridized carbons (Fsp3) is 0.714. The molecule has 0 bridgehead atoms. The molecule has 1 N–H and O–H groups in total. The molecule has 0 radical (unpaired) electrons. The van der Waals surface area contributed by atoms with Gasteiger partial charge < -0.3 is 5.11 Å². The van der Waals surface area contributed by atoms with Crippen molar-refractivity contribution in [3.63, 3.8) is 0 Å². The smallest absolute Gasteiger partial charge is 0.0754 e. The lowest BCUT2D eigenvalue weighted by atomic mass is 9.75. The predicted octanol–water partition coefficient (Wildman–Crippen LogP) is 0.943. The van der Waals surface area contributed by atoms with E-state index in [0.29, 0.717) is 5.92 Å². The first-order valence-corrected chi connectivity index (χ1v) is 3.24. The third-order valence-electron chi connectivity index (χ3n) is 2.38. The first kappa shape index (κ1) is 4.57. The average Bonchev–Trinajstić information content (AvgIpc) is 1.80. The Morgan fingerprint density at radius 2 is 2.12 bits per heavy atom. The van der Waals surface area contributed by atoms with Gasteiger partial charge in [-0.3, -0.25) is 0 Å². The lowest BCUT2D eigenvalue weighted by Gasteiger charge is -2.31. The first-order valence-electron chi connectivity index (χ1n) is 3.24. The molecule has 1 saturated carbocycles. The summed E-state index contributed by atoms with van der Waals surface area (Å²) in [5.41, 5.74) is 0. The van der Waals surface area contributed by atoms with Gasteiger partial charge in [0.25, 0.3) is 0 Å². The van der Waals surface area contributed by atoms with Crippen LogP contribution in [0.4, 0.5) is 0 Å². The van der Waals surface area contributed by atoms with Gasteiger partial charge in [0, 0.05) is 0 Å². The summed E-state index contributed by atoms with van der Waals surface area (Å²) in [6.45, 7) is 0. The number of allylic oxidation sites excluding steroid dienone is 1. The van der Waals surface area contributed by atoms with Gasteiger partial charge in [0.05, 0.1) is 6.10 Å². The van der Waals surface area contributed by atoms with Crippen molar-refractivity contribution < 1.29 is 5.11 Å². The largest absolute Gasteiger partial charge is 0.389 e. The van der Waals surface area contributed by atoms with Crippen LogP contribution in [0.15, 0.2) is 12.2 Å². The molecule has 2 aliphatic carbocycles. The van der Waals surface area contributed by atoms with Crippen LogP contribution in [-0.2, 0) is 0 Å². The van der Waals surface area contributed by atoms with E-state index >= 15 is 0 Å². The Balaban J connectivity index is 2.14. The van der Waals surface area contributed by atoms with Crippen molar-refractivity contribution in [2.45, 2.75) is 18.9 Å². The van der Waals surface area contributed by atoms with E-state index in [1.165, 1.54) is 12.8 Å². The number of hydrogen-bond donors (Lipinski definition) is 1. The van der Waals surface area contributed by atoms with Gasteiger partial charge in [-0.2, -0.15) is 0 Å². The maximum absolute atomic E-state index is 9.13. The molecular formula is C7H10O. The van der Waals surface area contributed by atoms with Crippen molar-refractivity contribution in [2.75, 3.05) is 0 Å². The van der Waals surface area contributed by atoms with Gasteiger partial charge in [0.1, 0.15) is 0 Å². The first-order chi connectivity index (χ1) is 3.88. The summed E-state index contributed by atoms with van der Waals surface area (Å²) >= 11 is 0. The summed E-state index contributed by atoms with van der Waals surface area (Å²) in [5, 5.41) is 9.13. The highest BCUT2D eigenvalue weighted by atomic mass is 16.3. The topological polar surface area (TPSA) is 20.2 Å². The fourth-order valence-electron chi connectivity index (χ4n) is 1.61. The molecule has 1 heteroatoms. The van der Waals surface area contributed by atoms with Crippen LogP contribution in [0.1, 0.15) is 12.8 Å². The van der Waals surface area contributed by atoms with E-state index in [-0.39, 0.29) is 6.10 Å². The minimum absolute atomic E-state index is 0.103. The Bertz CT molecular complexity index is 120. The highest BCUT2D eigenvalue weighted by Crippen LogP contribution is 2.42. The molecule has 2 aliphatic rings. The Labute approximate surface area is 49.0 Å². The Kier molecular flexibility index (Phi) is 0.770. The molecule has 0 aromatic carbocycles. The number of aliphatic hydroxyl groups is 1. The maximum atomic E-state index is 9.13. The summed E-state index contributed by atoms with van der Waals surface area (Å²) in [4.78, 5) is 0. The van der Waals surface area contributed by atoms with Gasteiger partial charge in [-0.1, -0.05) is 12.2 Å². The molecule has 0 aromatic rings. The molecule has 2 rings (SSSR count). The summed E-state index contributed by atoms with van der Waals surface area (Å²) in [6.07, 6.45) is 6.52. The van der Waals surface area contributed by atoms with Crippen LogP contribution in [0.2, 0.25) is 0 Å². The Hall–Kier alpha value is -0.300. The second-order valence-corrected chi connectivity index (χ2v) is 2.78. The molecule has 0 amide bonds. The molecule has 0 heterocycles. The molecule has 0 spiro atoms. The average molecular weight is 110 g/mol. The van der Waals surface area contributed by atoms with Crippen molar-refractivity contribution in [3.05, 3.63) is 12.2 Å². The number of fused-ring (bicyclic) bond motifs is 1. The van der Waals surface area contributed by atoms with Crippen molar-refractivity contribution in [1.82, 2.24) is 0 Å². The normalized spacial score (nSPS) is 50.9. The van der Waals surface area contributed by atoms with Gasteiger partial charge in [-0.25, -0.2) is 0 Å². The number of aliphatic hydroxyl groups excluding tert-OH is 1. The third kappa shape index (κ3) is 0.402. The van der Waals surface area contributed by atoms with Crippen LogP contribution in [-0.4, -0.2) is 11.2 Å². The van der Waals surface area contributed by atoms with Crippen molar-refractivity contribution in [2.24, 2.45) is 11.8 Å². The molecule has 8 heavy (non-hydrogen) atoms. The van der Waals surface area contributed by atoms with Gasteiger partial charge >= 0.3 is 0 Å². The Morgan fingerprint density at radius 1 is 1.25 bits per heavy atom. The SMILES string of the molecule is O[C@H]1C=C[C@H]2CC[C@@H]12. The van der Waals surface area contributed by atoms with Gasteiger partial charge in [-0.05, 0) is 24.7 Å². The molecule has 0 unspecified atom stereocenters. The standard InChI is InChI=1S/C7H10O/c8-7-4-2-5-1-3-6(5)7/h2,4-8H,1,3H2/t5-,6-,7+/m1/s1. The summed E-state index contributed by atoms with van der Waals surface area (Å²) < 4.78 is 0. The van der Waals surface area contributed by atoms with Crippen LogP contribution in [0.3, 0.4) is 0 Å². The van der Waals surface area contributed by atoms with E-state index in [0.717, 1.165) is 5.92 Å². The highest BCUT2D eigenvalue weighted by molar-refractivity contribution is 5.11. The predicted molar refractivity (Wildman–Crippen MR) is 31.4 cm³/mol. The molecule has 0 saturated heterocycles. The summed E-state index contributed by atoms with van der Waals surface area (Å²) in [6, 6.07) is 0. The zero-order chi connectivity index (χ0) is 5.56. The number of hydrogen-bond acceptors (Lipinski definition) is 1. The molecule has 44 valence electrons. The zero-order valence-corrected chi connectivity index (χ0v) is 4.75. The van der Waals surface area contributed by atoms with Crippen LogP contribution < -0.4 is 0 Å². The number of rotatable bonds is 0. The van der Waals surface area contributed by atoms with Gasteiger partial charge in [-0.15, -0.1) is 0 Å². The lowest BCUT2D eigenvalue weighted by Crippen LogP contribution is -2.28. The van der Waals surface area contributed by atoms with E-state index < -0.39 is 0 Å². The van der Waals surface area contributed by atoms with E-state index in [1.54, 1.807) is 0 Å². The zero-order valence-electron chi connectivity index (χ0n) is 4.75. The van der Waals surface area contributed by atoms with Crippen molar-refractivity contribution in [3.8, 4) is 0 Å². The second-order valence-electron chi connectivity index (χ2n) is 2.78. The van der Waals surface area contributed by atoms with Crippen LogP contribution in [0, 0.1) is 11.8 Å². The summed E-state index contributed by atoms with van der Waals surface area (Å²) in [5.74, 6) is 1.35. The molecule has 1 nitrogen and oxygen atoms in total. The highest BCUT2D eigenvalue weighted by Gasteiger charge is 2.37. The van der Waals surface area contributed by atoms with Crippen molar-refractivity contribution in [1.29, 1.82) is 0 Å². The minimum atomic E-state index is -0.103. The molecular weight excluding hydrogens is 100 g/mol. The Morgan fingerprint density at radius 3 is 2.38 bits per heavy atom. The van der Waals surface area contributed by atoms with E-state index in [1.807, 2.05) is 6.08 Å². The van der Waals surface area contributed by atoms with Gasteiger partial charge in [0.15, 0.2) is 0 Å². The maximum Gasteiger partial charge on any atom is 0.0754 e. The fourth-order valence-corrected chi connectivity index (χ4v) is 1.61. The van der Waals surface area contributed by atoms with Crippen LogP contribution in [0.25, 0.3) is 0 Å². The van der Waals surface area contributed by atoms with Crippen LogP contribution in [0.5, 0.6) is 0 Å². The second kappa shape index (κ2) is 1.35. The minimum Gasteiger partial charge on any atom is -0.389 e. The quantitative estimate of drug-likeness (QED) is 0.460.